The predicted octanol–water partition coefficient (Wildman–Crippen LogP) is 16.0. The summed E-state index contributed by atoms with van der Waals surface area (Å²) >= 11 is 0. The third kappa shape index (κ3) is 7.13. The fourth-order valence-corrected chi connectivity index (χ4v) is 11.4. The summed E-state index contributed by atoms with van der Waals surface area (Å²) in [6.45, 7) is 2.20. The van der Waals surface area contributed by atoms with Crippen molar-refractivity contribution >= 4 is 62.0 Å². The first-order valence-corrected chi connectivity index (χ1v) is 25.0. The van der Waals surface area contributed by atoms with E-state index in [1.165, 1.54) is 85.3 Å². The molecule has 0 N–H and O–H groups in total. The second-order valence-electron chi connectivity index (χ2n) is 19.0. The van der Waals surface area contributed by atoms with Crippen LogP contribution in [0.5, 0.6) is 11.5 Å². The first-order chi connectivity index (χ1) is 34.7. The van der Waals surface area contributed by atoms with Crippen LogP contribution in [0, 0.1) is 0 Å². The number of fused-ring (bicyclic) bond motifs is 7. The molecule has 2 aliphatic rings. The van der Waals surface area contributed by atoms with Crippen molar-refractivity contribution < 1.29 is 4.74 Å². The number of ether oxygens (including phenoxy) is 1. The number of aryl methyl sites for hydroxylation is 1. The third-order valence-corrected chi connectivity index (χ3v) is 14.7. The van der Waals surface area contributed by atoms with Crippen molar-refractivity contribution in [1.82, 2.24) is 4.57 Å². The molecule has 13 rings (SSSR count). The van der Waals surface area contributed by atoms with Gasteiger partial charge in [0.05, 0.1) is 16.7 Å². The Kier molecular flexibility index (Phi) is 10.5. The number of aromatic nitrogens is 1. The van der Waals surface area contributed by atoms with Crippen molar-refractivity contribution in [1.29, 1.82) is 0 Å². The number of hydrogen-bond donors (Lipinski definition) is 0. The van der Waals surface area contributed by atoms with Gasteiger partial charge in [0.2, 0.25) is 0 Å². The van der Waals surface area contributed by atoms with Crippen molar-refractivity contribution in [3.8, 4) is 61.7 Å². The minimum absolute atomic E-state index is 0.0889. The fourth-order valence-electron chi connectivity index (χ4n) is 11.4. The Bertz CT molecular complexity index is 3620. The zero-order valence-electron chi connectivity index (χ0n) is 39.4. The lowest BCUT2D eigenvalue weighted by Gasteiger charge is -2.42. The summed E-state index contributed by atoms with van der Waals surface area (Å²) < 4.78 is 9.70. The van der Waals surface area contributed by atoms with Crippen molar-refractivity contribution in [3.05, 3.63) is 236 Å². The Hall–Kier alpha value is -8.34. The molecule has 0 spiro atoms. The summed E-state index contributed by atoms with van der Waals surface area (Å²) in [5.41, 5.74) is 21.3. The summed E-state index contributed by atoms with van der Waals surface area (Å²) in [5.74, 6) is 1.86. The highest BCUT2D eigenvalue weighted by atomic mass is 16.5. The van der Waals surface area contributed by atoms with E-state index in [2.05, 4.69) is 247 Å². The molecule has 2 aliphatic heterocycles. The van der Waals surface area contributed by atoms with Gasteiger partial charge in [0.15, 0.2) is 0 Å². The lowest BCUT2D eigenvalue weighted by molar-refractivity contribution is 0.486. The molecule has 334 valence electrons. The second-order valence-corrected chi connectivity index (χ2v) is 19.0. The van der Waals surface area contributed by atoms with Crippen LogP contribution in [0.4, 0.5) is 17.1 Å². The number of unbranched alkanes of at least 4 members (excludes halogenated alkanes) is 3. The second kappa shape index (κ2) is 17.6. The number of nitrogens with zero attached hydrogens (tertiary/aromatic N) is 2. The molecule has 0 bridgehead atoms. The first-order valence-electron chi connectivity index (χ1n) is 25.0. The quantitative estimate of drug-likeness (QED) is 0.0951. The van der Waals surface area contributed by atoms with Gasteiger partial charge in [-0.25, -0.2) is 0 Å². The van der Waals surface area contributed by atoms with Gasteiger partial charge in [-0.3, -0.25) is 0 Å². The molecule has 10 aromatic carbocycles. The highest BCUT2D eigenvalue weighted by molar-refractivity contribution is 6.99. The zero-order valence-corrected chi connectivity index (χ0v) is 39.4. The van der Waals surface area contributed by atoms with Gasteiger partial charge >= 0.3 is 0 Å². The van der Waals surface area contributed by atoms with Crippen molar-refractivity contribution in [2.45, 2.75) is 39.0 Å². The van der Waals surface area contributed by atoms with Gasteiger partial charge in [-0.05, 0) is 123 Å². The summed E-state index contributed by atoms with van der Waals surface area (Å²) in [6, 6.07) is 85.1. The highest BCUT2D eigenvalue weighted by Crippen LogP contribution is 2.51. The Morgan fingerprint density at radius 1 is 0.414 bits per heavy atom. The van der Waals surface area contributed by atoms with Gasteiger partial charge in [0.25, 0.3) is 6.71 Å². The van der Waals surface area contributed by atoms with Crippen LogP contribution in [0.2, 0.25) is 0 Å². The van der Waals surface area contributed by atoms with E-state index in [4.69, 9.17) is 4.74 Å². The Balaban J connectivity index is 1.16. The van der Waals surface area contributed by atoms with E-state index in [0.717, 1.165) is 69.3 Å². The van der Waals surface area contributed by atoms with Crippen LogP contribution < -0.4 is 26.0 Å². The molecule has 0 amide bonds. The van der Waals surface area contributed by atoms with Crippen LogP contribution in [0.15, 0.2) is 231 Å². The zero-order chi connectivity index (χ0) is 46.5. The van der Waals surface area contributed by atoms with Gasteiger partial charge in [-0.15, -0.1) is 0 Å². The van der Waals surface area contributed by atoms with Crippen molar-refractivity contribution in [3.63, 3.8) is 0 Å². The van der Waals surface area contributed by atoms with E-state index in [9.17, 15) is 0 Å². The van der Waals surface area contributed by atoms with E-state index in [-0.39, 0.29) is 6.71 Å². The first kappa shape index (κ1) is 41.8. The van der Waals surface area contributed by atoms with Crippen molar-refractivity contribution in [2.24, 2.45) is 0 Å². The van der Waals surface area contributed by atoms with Crippen LogP contribution >= 0.6 is 0 Å². The third-order valence-electron chi connectivity index (χ3n) is 14.7. The molecular weight excluding hydrogens is 848 g/mol. The molecule has 0 aliphatic carbocycles. The number of anilines is 3. The monoisotopic (exact) mass is 898 g/mol. The molecule has 0 atom stereocenters. The van der Waals surface area contributed by atoms with Gasteiger partial charge in [-0.2, -0.15) is 0 Å². The predicted molar refractivity (Wildman–Crippen MR) is 296 cm³/mol. The summed E-state index contributed by atoms with van der Waals surface area (Å²) in [6.07, 6.45) is 5.72. The molecule has 0 saturated heterocycles. The molecule has 0 unspecified atom stereocenters. The van der Waals surface area contributed by atoms with E-state index >= 15 is 0 Å². The average molecular weight is 899 g/mol. The SMILES string of the molecule is CCCCCCc1cc2c3c(c1)N(c1c(-c4ccccc4)cc(-c4ccccc4)cc1-c1ccccc1)c1cc(-n4c5ccccc5c5ccccc54)ccc1B3c1cc(-c3ccccc3)ccc1O2. The normalized spacial score (nSPS) is 12.4. The summed E-state index contributed by atoms with van der Waals surface area (Å²) in [7, 11) is 0. The smallest absolute Gasteiger partial charge is 0.256 e. The van der Waals surface area contributed by atoms with E-state index in [1.807, 2.05) is 0 Å². The number of hydrogen-bond acceptors (Lipinski definition) is 2. The van der Waals surface area contributed by atoms with Gasteiger partial charge < -0.3 is 14.2 Å². The minimum Gasteiger partial charge on any atom is -0.458 e. The van der Waals surface area contributed by atoms with Crippen LogP contribution in [0.3, 0.4) is 0 Å². The van der Waals surface area contributed by atoms with Gasteiger partial charge in [0.1, 0.15) is 11.5 Å². The summed E-state index contributed by atoms with van der Waals surface area (Å²) in [5, 5.41) is 2.49. The topological polar surface area (TPSA) is 17.4 Å². The molecule has 70 heavy (non-hydrogen) atoms. The Labute approximate surface area is 411 Å². The van der Waals surface area contributed by atoms with Crippen molar-refractivity contribution in [2.75, 3.05) is 4.90 Å². The largest absolute Gasteiger partial charge is 0.458 e. The molecular formula is C66H51BN2O. The highest BCUT2D eigenvalue weighted by Gasteiger charge is 2.43. The van der Waals surface area contributed by atoms with Crippen LogP contribution in [-0.2, 0) is 6.42 Å². The van der Waals surface area contributed by atoms with E-state index < -0.39 is 0 Å². The summed E-state index contributed by atoms with van der Waals surface area (Å²) in [4.78, 5) is 2.63. The average Bonchev–Trinajstić information content (AvgIpc) is 3.77. The van der Waals surface area contributed by atoms with Crippen LogP contribution in [0.25, 0.3) is 72.0 Å². The molecule has 3 heterocycles. The van der Waals surface area contributed by atoms with Crippen LogP contribution in [-0.4, -0.2) is 11.3 Å². The molecule has 4 heteroatoms. The van der Waals surface area contributed by atoms with Crippen LogP contribution in [0.1, 0.15) is 38.2 Å². The van der Waals surface area contributed by atoms with E-state index in [0.29, 0.717) is 0 Å². The molecule has 11 aromatic rings. The molecule has 0 radical (unpaired) electrons. The molecule has 0 saturated carbocycles. The number of para-hydroxylation sites is 2. The number of rotatable bonds is 11. The lowest BCUT2D eigenvalue weighted by atomic mass is 9.34. The lowest BCUT2D eigenvalue weighted by Crippen LogP contribution is -2.59. The molecule has 0 fully saturated rings. The Morgan fingerprint density at radius 2 is 0.986 bits per heavy atom. The maximum atomic E-state index is 7.24. The number of benzene rings is 10. The standard InChI is InChI=1S/C66H51BN2O/c1-2-3-4-9-22-45-39-62-65-64(40-45)70-63-38-35-50(46-23-10-5-11-24-46)43-58(63)67(65)57-37-36-52(68-59-33-20-18-31-53(59)54-32-19-21-34-60(54)68)44-61(57)69(62)66-55(48-27-14-7-15-28-48)41-51(47-25-12-6-13-26-47)42-56(66)49-29-16-8-17-30-49/h5-8,10-21,23-44H,2-4,9,22H2,1H3. The maximum Gasteiger partial charge on any atom is 0.256 e. The van der Waals surface area contributed by atoms with Gasteiger partial charge in [0, 0.05) is 39.0 Å². The molecule has 1 aromatic heterocycles. The maximum absolute atomic E-state index is 7.24. The molecule has 3 nitrogen and oxygen atoms in total. The fraction of sp³-hybridized carbons (Fsp3) is 0.0909. The minimum atomic E-state index is -0.0889. The van der Waals surface area contributed by atoms with E-state index in [1.54, 1.807) is 0 Å². The van der Waals surface area contributed by atoms with Gasteiger partial charge in [-0.1, -0.05) is 202 Å². The Morgan fingerprint density at radius 3 is 1.60 bits per heavy atom.